The molecule has 0 aliphatic carbocycles. The number of piperidine rings is 1. The molecule has 6 heteroatoms. The van der Waals surface area contributed by atoms with Gasteiger partial charge >= 0.3 is 11.8 Å². The Bertz CT molecular complexity index is 509. The fraction of sp³-hybridized carbons (Fsp3) is 0.615. The third-order valence-corrected chi connectivity index (χ3v) is 3.67. The molecule has 1 aromatic heterocycles. The Morgan fingerprint density at radius 2 is 2.11 bits per heavy atom. The molecule has 2 atom stereocenters. The lowest BCUT2D eigenvalue weighted by molar-refractivity contribution is -0.147. The zero-order chi connectivity index (χ0) is 14.2. The van der Waals surface area contributed by atoms with E-state index >= 15 is 0 Å². The van der Waals surface area contributed by atoms with E-state index < -0.39 is 11.8 Å². The number of nitrogens with two attached hydrogens (primary N) is 1. The Kier molecular flexibility index (Phi) is 3.59. The van der Waals surface area contributed by atoms with Crippen molar-refractivity contribution in [2.45, 2.75) is 32.7 Å². The Labute approximate surface area is 112 Å². The lowest BCUT2D eigenvalue weighted by Gasteiger charge is -2.37. The van der Waals surface area contributed by atoms with Crippen LogP contribution < -0.4 is 5.73 Å². The highest BCUT2D eigenvalue weighted by molar-refractivity contribution is 6.34. The second-order valence-electron chi connectivity index (χ2n) is 5.35. The van der Waals surface area contributed by atoms with Crippen LogP contribution in [0.2, 0.25) is 0 Å². The van der Waals surface area contributed by atoms with Gasteiger partial charge in [-0.1, -0.05) is 6.92 Å². The summed E-state index contributed by atoms with van der Waals surface area (Å²) in [6.45, 7) is 4.55. The quantitative estimate of drug-likeness (QED) is 0.750. The molecule has 1 saturated heterocycles. The number of nitrogens with zero attached hydrogens (tertiary/aromatic N) is 3. The number of hydrogen-bond donors (Lipinski definition) is 1. The molecule has 1 aliphatic heterocycles. The molecule has 0 spiro atoms. The van der Waals surface area contributed by atoms with Gasteiger partial charge in [0.1, 0.15) is 0 Å². The highest BCUT2D eigenvalue weighted by Gasteiger charge is 2.34. The van der Waals surface area contributed by atoms with E-state index in [1.807, 2.05) is 20.0 Å². The second kappa shape index (κ2) is 5.03. The van der Waals surface area contributed by atoms with Gasteiger partial charge in [-0.2, -0.15) is 5.10 Å². The van der Waals surface area contributed by atoms with Gasteiger partial charge in [-0.25, -0.2) is 0 Å². The minimum Gasteiger partial charge on any atom is -0.361 e. The van der Waals surface area contributed by atoms with E-state index in [0.717, 1.165) is 24.2 Å². The van der Waals surface area contributed by atoms with Gasteiger partial charge in [-0.05, 0) is 31.7 Å². The highest BCUT2D eigenvalue weighted by Crippen LogP contribution is 2.33. The molecule has 0 aromatic carbocycles. The van der Waals surface area contributed by atoms with Crippen LogP contribution in [0.15, 0.2) is 6.07 Å². The molecule has 2 N–H and O–H groups in total. The van der Waals surface area contributed by atoms with Crippen molar-refractivity contribution in [1.29, 1.82) is 0 Å². The Hall–Kier alpha value is -1.85. The van der Waals surface area contributed by atoms with Gasteiger partial charge in [0.15, 0.2) is 0 Å². The molecule has 0 saturated carbocycles. The lowest BCUT2D eigenvalue weighted by atomic mass is 9.92. The van der Waals surface area contributed by atoms with E-state index in [1.54, 1.807) is 9.58 Å². The second-order valence-corrected chi connectivity index (χ2v) is 5.35. The molecule has 6 nitrogen and oxygen atoms in total. The predicted molar refractivity (Wildman–Crippen MR) is 70.0 cm³/mol. The fourth-order valence-corrected chi connectivity index (χ4v) is 2.77. The molecule has 1 fully saturated rings. The molecule has 1 aromatic rings. The maximum absolute atomic E-state index is 12.0. The van der Waals surface area contributed by atoms with Crippen LogP contribution in [0.3, 0.4) is 0 Å². The van der Waals surface area contributed by atoms with E-state index in [0.29, 0.717) is 12.5 Å². The molecular formula is C13H20N4O2. The third-order valence-electron chi connectivity index (χ3n) is 3.67. The topological polar surface area (TPSA) is 81.2 Å². The van der Waals surface area contributed by atoms with Crippen molar-refractivity contribution in [1.82, 2.24) is 14.7 Å². The van der Waals surface area contributed by atoms with E-state index in [-0.39, 0.29) is 6.04 Å². The number of carbonyl (C=O) groups is 2. The first-order chi connectivity index (χ1) is 8.90. The predicted octanol–water partition coefficient (Wildman–Crippen LogP) is 0.513. The summed E-state index contributed by atoms with van der Waals surface area (Å²) in [5, 5.41) is 4.31. The Balaban J connectivity index is 2.33. The van der Waals surface area contributed by atoms with Crippen molar-refractivity contribution < 1.29 is 9.59 Å². The fourth-order valence-electron chi connectivity index (χ4n) is 2.77. The molecule has 19 heavy (non-hydrogen) atoms. The zero-order valence-electron chi connectivity index (χ0n) is 11.6. The Morgan fingerprint density at radius 1 is 1.42 bits per heavy atom. The summed E-state index contributed by atoms with van der Waals surface area (Å²) < 4.78 is 1.78. The number of primary amides is 1. The SMILES string of the molecule is Cc1cc(C2CCC(C)CN2C(=O)C(N)=O)n(C)n1. The molecule has 2 rings (SSSR count). The van der Waals surface area contributed by atoms with Gasteiger partial charge in [-0.15, -0.1) is 0 Å². The van der Waals surface area contributed by atoms with Crippen LogP contribution in [0.5, 0.6) is 0 Å². The normalized spacial score (nSPS) is 23.4. The first kappa shape index (κ1) is 13.6. The van der Waals surface area contributed by atoms with E-state index in [4.69, 9.17) is 5.73 Å². The number of carbonyl (C=O) groups excluding carboxylic acids is 2. The third kappa shape index (κ3) is 2.62. The van der Waals surface area contributed by atoms with E-state index in [9.17, 15) is 9.59 Å². The monoisotopic (exact) mass is 264 g/mol. The first-order valence-corrected chi connectivity index (χ1v) is 6.51. The zero-order valence-corrected chi connectivity index (χ0v) is 11.6. The average Bonchev–Trinajstić information content (AvgIpc) is 2.67. The van der Waals surface area contributed by atoms with Crippen LogP contribution in [0, 0.1) is 12.8 Å². The minimum atomic E-state index is -0.891. The van der Waals surface area contributed by atoms with Crippen molar-refractivity contribution in [3.63, 3.8) is 0 Å². The molecule has 0 radical (unpaired) electrons. The molecule has 2 heterocycles. The van der Waals surface area contributed by atoms with Crippen LogP contribution >= 0.6 is 0 Å². The van der Waals surface area contributed by atoms with Crippen molar-refractivity contribution in [2.24, 2.45) is 18.7 Å². The maximum Gasteiger partial charge on any atom is 0.312 e. The van der Waals surface area contributed by atoms with Crippen LogP contribution in [0.1, 0.15) is 37.2 Å². The smallest absolute Gasteiger partial charge is 0.312 e. The number of amides is 2. The molecular weight excluding hydrogens is 244 g/mol. The molecule has 2 amide bonds. The largest absolute Gasteiger partial charge is 0.361 e. The highest BCUT2D eigenvalue weighted by atomic mass is 16.2. The molecule has 2 unspecified atom stereocenters. The van der Waals surface area contributed by atoms with Gasteiger partial charge in [0.05, 0.1) is 17.4 Å². The summed E-state index contributed by atoms with van der Waals surface area (Å²) in [6.07, 6.45) is 1.86. The molecule has 0 bridgehead atoms. The standard InChI is InChI=1S/C13H20N4O2/c1-8-4-5-10(11-6-9(2)15-16(11)3)17(7-8)13(19)12(14)18/h6,8,10H,4-5,7H2,1-3H3,(H2,14,18). The van der Waals surface area contributed by atoms with Crippen LogP contribution in [0.4, 0.5) is 0 Å². The van der Waals surface area contributed by atoms with Crippen LogP contribution in [-0.2, 0) is 16.6 Å². The molecule has 104 valence electrons. The number of aryl methyl sites for hydroxylation is 2. The van der Waals surface area contributed by atoms with Crippen molar-refractivity contribution in [2.75, 3.05) is 6.54 Å². The van der Waals surface area contributed by atoms with Crippen molar-refractivity contribution in [3.8, 4) is 0 Å². The van der Waals surface area contributed by atoms with Crippen molar-refractivity contribution >= 4 is 11.8 Å². The lowest BCUT2D eigenvalue weighted by Crippen LogP contribution is -2.47. The minimum absolute atomic E-state index is 0.109. The Morgan fingerprint density at radius 3 is 2.63 bits per heavy atom. The average molecular weight is 264 g/mol. The number of rotatable bonds is 1. The van der Waals surface area contributed by atoms with Gasteiger partial charge in [0.25, 0.3) is 0 Å². The maximum atomic E-state index is 12.0. The van der Waals surface area contributed by atoms with Crippen LogP contribution in [0.25, 0.3) is 0 Å². The number of likely N-dealkylation sites (tertiary alicyclic amines) is 1. The van der Waals surface area contributed by atoms with E-state index in [1.165, 1.54) is 0 Å². The van der Waals surface area contributed by atoms with Gasteiger partial charge in [0, 0.05) is 13.6 Å². The van der Waals surface area contributed by atoms with Gasteiger partial charge in [0.2, 0.25) is 0 Å². The summed E-state index contributed by atoms with van der Waals surface area (Å²) >= 11 is 0. The summed E-state index contributed by atoms with van der Waals surface area (Å²) in [4.78, 5) is 24.7. The summed E-state index contributed by atoms with van der Waals surface area (Å²) in [5.74, 6) is -1.11. The molecule has 1 aliphatic rings. The van der Waals surface area contributed by atoms with Crippen molar-refractivity contribution in [3.05, 3.63) is 17.5 Å². The summed E-state index contributed by atoms with van der Waals surface area (Å²) in [5.41, 5.74) is 7.01. The van der Waals surface area contributed by atoms with E-state index in [2.05, 4.69) is 12.0 Å². The number of hydrogen-bond acceptors (Lipinski definition) is 3. The number of aromatic nitrogens is 2. The van der Waals surface area contributed by atoms with Gasteiger partial charge in [-0.3, -0.25) is 14.3 Å². The summed E-state index contributed by atoms with van der Waals surface area (Å²) in [7, 11) is 1.85. The van der Waals surface area contributed by atoms with Gasteiger partial charge < -0.3 is 10.6 Å². The summed E-state index contributed by atoms with van der Waals surface area (Å²) in [6, 6.07) is 1.85. The van der Waals surface area contributed by atoms with Crippen LogP contribution in [-0.4, -0.2) is 33.0 Å². The first-order valence-electron chi connectivity index (χ1n) is 6.51.